The third-order valence-corrected chi connectivity index (χ3v) is 6.61. The van der Waals surface area contributed by atoms with Gasteiger partial charge in [0.1, 0.15) is 5.75 Å². The third-order valence-electron chi connectivity index (χ3n) is 6.61. The van der Waals surface area contributed by atoms with Gasteiger partial charge in [0.2, 0.25) is 5.76 Å². The Morgan fingerprint density at radius 3 is 1.69 bits per heavy atom. The van der Waals surface area contributed by atoms with E-state index in [1.165, 1.54) is 89.9 Å². The van der Waals surface area contributed by atoms with Crippen molar-refractivity contribution in [2.24, 2.45) is 0 Å². The van der Waals surface area contributed by atoms with Crippen LogP contribution in [0.5, 0.6) is 5.75 Å². The van der Waals surface area contributed by atoms with Crippen LogP contribution >= 0.6 is 0 Å². The van der Waals surface area contributed by atoms with E-state index in [0.717, 1.165) is 24.2 Å². The SMILES string of the molecule is [C-]#[N+]/C(C(=O)OCCc1ccc(OCCCCCCCCCCCCCCCCCC)cc1)=C(/O)C(F)(F)F. The number of hydrogen-bond donors (Lipinski definition) is 1. The number of rotatable bonds is 22. The number of aliphatic hydroxyl groups excluding tert-OH is 1. The van der Waals surface area contributed by atoms with Crippen molar-refractivity contribution in [3.8, 4) is 5.75 Å². The maximum Gasteiger partial charge on any atom is 0.438 e. The van der Waals surface area contributed by atoms with Crippen LogP contribution in [-0.4, -0.2) is 30.5 Å². The maximum absolute atomic E-state index is 12.5. The lowest BCUT2D eigenvalue weighted by Gasteiger charge is -2.09. The second-order valence-electron chi connectivity index (χ2n) is 9.99. The molecule has 0 saturated carbocycles. The van der Waals surface area contributed by atoms with Gasteiger partial charge in [0.15, 0.2) is 0 Å². The van der Waals surface area contributed by atoms with E-state index in [2.05, 4.69) is 11.8 Å². The van der Waals surface area contributed by atoms with Crippen LogP contribution in [0.3, 0.4) is 0 Å². The fourth-order valence-corrected chi connectivity index (χ4v) is 4.25. The normalized spacial score (nSPS) is 12.1. The first kappa shape index (κ1) is 34.3. The van der Waals surface area contributed by atoms with E-state index in [9.17, 15) is 18.0 Å². The lowest BCUT2D eigenvalue weighted by molar-refractivity contribution is -0.142. The lowest BCUT2D eigenvalue weighted by Crippen LogP contribution is -2.18. The number of halogens is 3. The van der Waals surface area contributed by atoms with Crippen molar-refractivity contribution in [2.45, 2.75) is 122 Å². The van der Waals surface area contributed by atoms with Crippen LogP contribution in [0.4, 0.5) is 13.2 Å². The van der Waals surface area contributed by atoms with Gasteiger partial charge in [-0.15, -0.1) is 0 Å². The molecule has 0 amide bonds. The summed E-state index contributed by atoms with van der Waals surface area (Å²) in [4.78, 5) is 14.1. The van der Waals surface area contributed by atoms with E-state index < -0.39 is 23.6 Å². The quantitative estimate of drug-likeness (QED) is 0.0510. The van der Waals surface area contributed by atoms with Crippen LogP contribution in [0.25, 0.3) is 4.85 Å². The molecule has 1 N–H and O–H groups in total. The number of ether oxygens (including phenoxy) is 2. The number of aliphatic hydroxyl groups is 1. The second kappa shape index (κ2) is 21.2. The van der Waals surface area contributed by atoms with Gasteiger partial charge in [-0.25, -0.2) is 4.85 Å². The first-order valence-electron chi connectivity index (χ1n) is 14.6. The number of carbonyl (C=O) groups is 1. The van der Waals surface area contributed by atoms with Gasteiger partial charge in [-0.3, -0.25) is 4.79 Å². The zero-order valence-electron chi connectivity index (χ0n) is 23.5. The molecule has 0 radical (unpaired) electrons. The molecule has 0 spiro atoms. The van der Waals surface area contributed by atoms with Gasteiger partial charge in [0.05, 0.1) is 19.8 Å². The third kappa shape index (κ3) is 16.8. The summed E-state index contributed by atoms with van der Waals surface area (Å²) >= 11 is 0. The van der Waals surface area contributed by atoms with Crippen molar-refractivity contribution in [2.75, 3.05) is 13.2 Å². The lowest BCUT2D eigenvalue weighted by atomic mass is 10.0. The van der Waals surface area contributed by atoms with E-state index in [-0.39, 0.29) is 13.0 Å². The molecule has 0 fully saturated rings. The molecule has 0 aliphatic heterocycles. The van der Waals surface area contributed by atoms with Gasteiger partial charge in [-0.05, 0) is 24.1 Å². The van der Waals surface area contributed by atoms with Gasteiger partial charge >= 0.3 is 17.8 Å². The molecule has 39 heavy (non-hydrogen) atoms. The van der Waals surface area contributed by atoms with Crippen molar-refractivity contribution in [1.82, 2.24) is 0 Å². The van der Waals surface area contributed by atoms with Gasteiger partial charge in [-0.1, -0.05) is 115 Å². The Kier molecular flexibility index (Phi) is 18.6. The van der Waals surface area contributed by atoms with Crippen LogP contribution in [0, 0.1) is 6.57 Å². The van der Waals surface area contributed by atoms with Crippen molar-refractivity contribution >= 4 is 5.97 Å². The maximum atomic E-state index is 12.5. The molecule has 8 heteroatoms. The van der Waals surface area contributed by atoms with E-state index in [0.29, 0.717) is 6.61 Å². The zero-order chi connectivity index (χ0) is 28.8. The van der Waals surface area contributed by atoms with Gasteiger partial charge in [0.25, 0.3) is 0 Å². The topological polar surface area (TPSA) is 60.1 Å². The number of carbonyl (C=O) groups excluding carboxylic acids is 1. The Morgan fingerprint density at radius 1 is 0.795 bits per heavy atom. The average Bonchev–Trinajstić information content (AvgIpc) is 2.91. The van der Waals surface area contributed by atoms with Crippen molar-refractivity contribution in [3.63, 3.8) is 0 Å². The number of esters is 1. The Bertz CT molecular complexity index is 860. The minimum Gasteiger partial charge on any atom is -0.515 e. The highest BCUT2D eigenvalue weighted by atomic mass is 19.4. The largest absolute Gasteiger partial charge is 0.515 e. The van der Waals surface area contributed by atoms with Gasteiger partial charge in [-0.2, -0.15) is 13.2 Å². The molecule has 0 aliphatic carbocycles. The number of alkyl halides is 3. The average molecular weight is 554 g/mol. The summed E-state index contributed by atoms with van der Waals surface area (Å²) in [6, 6.07) is 7.16. The predicted molar refractivity (Wildman–Crippen MR) is 148 cm³/mol. The van der Waals surface area contributed by atoms with E-state index in [1.807, 2.05) is 0 Å². The smallest absolute Gasteiger partial charge is 0.438 e. The molecule has 0 aromatic heterocycles. The molecule has 5 nitrogen and oxygen atoms in total. The fourth-order valence-electron chi connectivity index (χ4n) is 4.25. The van der Waals surface area contributed by atoms with Crippen molar-refractivity contribution < 1.29 is 32.5 Å². The first-order chi connectivity index (χ1) is 18.8. The monoisotopic (exact) mass is 553 g/mol. The summed E-state index contributed by atoms with van der Waals surface area (Å²) in [7, 11) is 0. The molecule has 1 rings (SSSR count). The number of nitrogens with zero attached hydrogens (tertiary/aromatic N) is 1. The summed E-state index contributed by atoms with van der Waals surface area (Å²) in [5.74, 6) is -3.02. The number of allylic oxidation sites excluding steroid dienone is 1. The molecule has 0 saturated heterocycles. The minimum absolute atomic E-state index is 0.220. The molecule has 0 bridgehead atoms. The highest BCUT2D eigenvalue weighted by Gasteiger charge is 2.39. The molecule has 0 heterocycles. The Balaban J connectivity index is 2.04. The van der Waals surface area contributed by atoms with Crippen molar-refractivity contribution in [3.05, 3.63) is 52.7 Å². The predicted octanol–water partition coefficient (Wildman–Crippen LogP) is 9.66. The Hall–Kier alpha value is -2.69. The number of benzene rings is 1. The van der Waals surface area contributed by atoms with Crippen molar-refractivity contribution in [1.29, 1.82) is 0 Å². The second-order valence-corrected chi connectivity index (χ2v) is 9.99. The van der Waals surface area contributed by atoms with Crippen LogP contribution in [0.2, 0.25) is 0 Å². The van der Waals surface area contributed by atoms with Crippen LogP contribution in [-0.2, 0) is 16.0 Å². The van der Waals surface area contributed by atoms with E-state index in [4.69, 9.17) is 21.2 Å². The van der Waals surface area contributed by atoms with Crippen LogP contribution in [0.1, 0.15) is 115 Å². The molecule has 1 aromatic rings. The summed E-state index contributed by atoms with van der Waals surface area (Å²) < 4.78 is 47.9. The summed E-state index contributed by atoms with van der Waals surface area (Å²) in [5, 5.41) is 9.00. The van der Waals surface area contributed by atoms with E-state index >= 15 is 0 Å². The van der Waals surface area contributed by atoms with Crippen LogP contribution in [0.15, 0.2) is 35.7 Å². The molecule has 0 unspecified atom stereocenters. The number of unbranched alkanes of at least 4 members (excludes halogenated alkanes) is 15. The summed E-state index contributed by atoms with van der Waals surface area (Å²) in [5.41, 5.74) is -0.675. The first-order valence-corrected chi connectivity index (χ1v) is 14.6. The molecule has 1 aromatic carbocycles. The minimum atomic E-state index is -5.18. The number of hydrogen-bond acceptors (Lipinski definition) is 4. The summed E-state index contributed by atoms with van der Waals surface area (Å²) in [6.07, 6.45) is 16.2. The fraction of sp³-hybridized carbons (Fsp3) is 0.677. The Labute approximate surface area is 232 Å². The van der Waals surface area contributed by atoms with Gasteiger partial charge < -0.3 is 14.6 Å². The molecule has 220 valence electrons. The molecular formula is C31H46F3NO4. The van der Waals surface area contributed by atoms with Crippen LogP contribution < -0.4 is 4.74 Å². The van der Waals surface area contributed by atoms with Gasteiger partial charge in [0, 0.05) is 6.42 Å². The standard InChI is InChI=1S/C31H46F3NO4/c1-3-4-5-6-7-8-9-10-11-12-13-14-15-16-17-18-24-38-27-21-19-26(20-22-27)23-25-39-30(37)28(35-2)29(36)31(32,33)34/h19-22,36H,3-18,23-25H2,1H3/b29-28+. The molecular weight excluding hydrogens is 507 g/mol. The Morgan fingerprint density at radius 2 is 1.26 bits per heavy atom. The highest BCUT2D eigenvalue weighted by molar-refractivity contribution is 5.91. The van der Waals surface area contributed by atoms with E-state index in [1.54, 1.807) is 24.3 Å². The summed E-state index contributed by atoms with van der Waals surface area (Å²) in [6.45, 7) is 9.37. The zero-order valence-corrected chi connectivity index (χ0v) is 23.5. The molecule has 0 atom stereocenters. The molecule has 0 aliphatic rings. The highest BCUT2D eigenvalue weighted by Crippen LogP contribution is 2.27.